The highest BCUT2D eigenvalue weighted by Gasteiger charge is 2.11. The SMILES string of the molecule is CCCC(CN(C)c1ccccc1C)NCC. The maximum atomic E-state index is 3.56. The van der Waals surface area contributed by atoms with Crippen LogP contribution in [0.5, 0.6) is 0 Å². The molecule has 1 aromatic carbocycles. The van der Waals surface area contributed by atoms with Crippen molar-refractivity contribution in [1.82, 2.24) is 5.32 Å². The van der Waals surface area contributed by atoms with Gasteiger partial charge in [0, 0.05) is 25.3 Å². The van der Waals surface area contributed by atoms with Crippen molar-refractivity contribution in [2.24, 2.45) is 0 Å². The van der Waals surface area contributed by atoms with Gasteiger partial charge < -0.3 is 10.2 Å². The molecule has 0 saturated carbocycles. The van der Waals surface area contributed by atoms with Gasteiger partial charge >= 0.3 is 0 Å². The lowest BCUT2D eigenvalue weighted by atomic mass is 10.1. The Labute approximate surface area is 106 Å². The molecule has 1 unspecified atom stereocenters. The van der Waals surface area contributed by atoms with Crippen LogP contribution in [0, 0.1) is 6.92 Å². The van der Waals surface area contributed by atoms with E-state index in [9.17, 15) is 0 Å². The molecular weight excluding hydrogens is 208 g/mol. The summed E-state index contributed by atoms with van der Waals surface area (Å²) in [6, 6.07) is 9.18. The van der Waals surface area contributed by atoms with Crippen molar-refractivity contribution in [3.05, 3.63) is 29.8 Å². The van der Waals surface area contributed by atoms with Crippen molar-refractivity contribution in [3.8, 4) is 0 Å². The fourth-order valence-corrected chi connectivity index (χ4v) is 2.32. The normalized spacial score (nSPS) is 12.5. The Bertz CT molecular complexity index is 316. The Morgan fingerprint density at radius 1 is 1.24 bits per heavy atom. The largest absolute Gasteiger partial charge is 0.373 e. The predicted molar refractivity (Wildman–Crippen MR) is 76.8 cm³/mol. The molecule has 1 rings (SSSR count). The zero-order valence-electron chi connectivity index (χ0n) is 11.7. The van der Waals surface area contributed by atoms with E-state index < -0.39 is 0 Å². The first-order valence-corrected chi connectivity index (χ1v) is 6.69. The second-order valence-electron chi connectivity index (χ2n) is 4.71. The second kappa shape index (κ2) is 7.33. The van der Waals surface area contributed by atoms with Gasteiger partial charge in [0.05, 0.1) is 0 Å². The van der Waals surface area contributed by atoms with E-state index in [1.165, 1.54) is 24.1 Å². The molecule has 1 N–H and O–H groups in total. The van der Waals surface area contributed by atoms with Crippen LogP contribution in [-0.2, 0) is 0 Å². The Kier molecular flexibility index (Phi) is 6.06. The van der Waals surface area contributed by atoms with E-state index in [1.54, 1.807) is 0 Å². The molecule has 2 nitrogen and oxygen atoms in total. The van der Waals surface area contributed by atoms with E-state index in [0.29, 0.717) is 6.04 Å². The molecule has 0 aliphatic rings. The summed E-state index contributed by atoms with van der Waals surface area (Å²) in [5, 5.41) is 3.56. The van der Waals surface area contributed by atoms with Gasteiger partial charge in [-0.25, -0.2) is 0 Å². The van der Waals surface area contributed by atoms with Crippen LogP contribution in [0.2, 0.25) is 0 Å². The van der Waals surface area contributed by atoms with E-state index in [0.717, 1.165) is 13.1 Å². The number of aryl methyl sites for hydroxylation is 1. The predicted octanol–water partition coefficient (Wildman–Crippen LogP) is 3.21. The summed E-state index contributed by atoms with van der Waals surface area (Å²) < 4.78 is 0. The fourth-order valence-electron chi connectivity index (χ4n) is 2.32. The number of nitrogens with one attached hydrogen (secondary N) is 1. The molecule has 0 aromatic heterocycles. The van der Waals surface area contributed by atoms with Gasteiger partial charge in [-0.2, -0.15) is 0 Å². The van der Waals surface area contributed by atoms with E-state index in [-0.39, 0.29) is 0 Å². The number of nitrogens with zero attached hydrogens (tertiary/aromatic N) is 1. The molecule has 0 spiro atoms. The van der Waals surface area contributed by atoms with Crippen LogP contribution in [0.15, 0.2) is 24.3 Å². The lowest BCUT2D eigenvalue weighted by molar-refractivity contribution is 0.488. The molecule has 0 fully saturated rings. The minimum atomic E-state index is 0.592. The molecular formula is C15H26N2. The van der Waals surface area contributed by atoms with Crippen LogP contribution in [0.3, 0.4) is 0 Å². The van der Waals surface area contributed by atoms with Gasteiger partial charge in [-0.1, -0.05) is 38.5 Å². The third-order valence-electron chi connectivity index (χ3n) is 3.15. The molecule has 2 heteroatoms. The average Bonchev–Trinajstić information content (AvgIpc) is 2.30. The van der Waals surface area contributed by atoms with E-state index in [2.05, 4.69) is 62.3 Å². The van der Waals surface area contributed by atoms with Gasteiger partial charge in [0.15, 0.2) is 0 Å². The summed E-state index contributed by atoms with van der Waals surface area (Å²) in [5.74, 6) is 0. The number of anilines is 1. The van der Waals surface area contributed by atoms with Crippen molar-refractivity contribution < 1.29 is 0 Å². The van der Waals surface area contributed by atoms with Gasteiger partial charge in [-0.3, -0.25) is 0 Å². The molecule has 0 amide bonds. The maximum Gasteiger partial charge on any atom is 0.0393 e. The Morgan fingerprint density at radius 3 is 2.53 bits per heavy atom. The van der Waals surface area contributed by atoms with Gasteiger partial charge in [0.1, 0.15) is 0 Å². The maximum absolute atomic E-state index is 3.56. The number of hydrogen-bond acceptors (Lipinski definition) is 2. The van der Waals surface area contributed by atoms with Crippen molar-refractivity contribution in [3.63, 3.8) is 0 Å². The van der Waals surface area contributed by atoms with E-state index in [1.807, 2.05) is 0 Å². The van der Waals surface area contributed by atoms with Crippen LogP contribution in [0.25, 0.3) is 0 Å². The van der Waals surface area contributed by atoms with E-state index >= 15 is 0 Å². The van der Waals surface area contributed by atoms with Crippen molar-refractivity contribution in [2.45, 2.75) is 39.7 Å². The first-order valence-electron chi connectivity index (χ1n) is 6.69. The highest BCUT2D eigenvalue weighted by Crippen LogP contribution is 2.18. The summed E-state index contributed by atoms with van der Waals surface area (Å²) in [6.07, 6.45) is 2.48. The molecule has 0 heterocycles. The minimum Gasteiger partial charge on any atom is -0.373 e. The summed E-state index contributed by atoms with van der Waals surface area (Å²) in [5.41, 5.74) is 2.69. The summed E-state index contributed by atoms with van der Waals surface area (Å²) in [4.78, 5) is 2.36. The van der Waals surface area contributed by atoms with Crippen molar-refractivity contribution in [2.75, 3.05) is 25.0 Å². The van der Waals surface area contributed by atoms with Crippen LogP contribution < -0.4 is 10.2 Å². The molecule has 1 atom stereocenters. The van der Waals surface area contributed by atoms with Gasteiger partial charge in [0.25, 0.3) is 0 Å². The Morgan fingerprint density at radius 2 is 1.94 bits per heavy atom. The van der Waals surface area contributed by atoms with Crippen LogP contribution in [0.4, 0.5) is 5.69 Å². The van der Waals surface area contributed by atoms with Gasteiger partial charge in [0.2, 0.25) is 0 Å². The molecule has 0 saturated heterocycles. The standard InChI is InChI=1S/C15H26N2/c1-5-9-14(16-6-2)12-17(4)15-11-8-7-10-13(15)3/h7-8,10-11,14,16H,5-6,9,12H2,1-4H3. The monoisotopic (exact) mass is 234 g/mol. The first kappa shape index (κ1) is 14.0. The topological polar surface area (TPSA) is 15.3 Å². The zero-order chi connectivity index (χ0) is 12.7. The Hall–Kier alpha value is -1.02. The number of para-hydroxylation sites is 1. The molecule has 17 heavy (non-hydrogen) atoms. The molecule has 96 valence electrons. The highest BCUT2D eigenvalue weighted by atomic mass is 15.1. The summed E-state index contributed by atoms with van der Waals surface area (Å²) in [7, 11) is 2.18. The number of hydrogen-bond donors (Lipinski definition) is 1. The molecule has 0 bridgehead atoms. The van der Waals surface area contributed by atoms with Crippen LogP contribution >= 0.6 is 0 Å². The molecule has 0 radical (unpaired) electrons. The van der Waals surface area contributed by atoms with Gasteiger partial charge in [-0.15, -0.1) is 0 Å². The number of benzene rings is 1. The third-order valence-corrected chi connectivity index (χ3v) is 3.15. The fraction of sp³-hybridized carbons (Fsp3) is 0.600. The zero-order valence-corrected chi connectivity index (χ0v) is 11.7. The number of likely N-dealkylation sites (N-methyl/N-ethyl adjacent to an activating group) is 2. The van der Waals surface area contributed by atoms with Crippen LogP contribution in [-0.4, -0.2) is 26.2 Å². The summed E-state index contributed by atoms with van der Waals surface area (Å²) in [6.45, 7) is 8.72. The first-order chi connectivity index (χ1) is 8.19. The number of rotatable bonds is 7. The smallest absolute Gasteiger partial charge is 0.0393 e. The Balaban J connectivity index is 2.63. The van der Waals surface area contributed by atoms with Crippen molar-refractivity contribution in [1.29, 1.82) is 0 Å². The second-order valence-corrected chi connectivity index (χ2v) is 4.71. The summed E-state index contributed by atoms with van der Waals surface area (Å²) >= 11 is 0. The molecule has 0 aliphatic heterocycles. The van der Waals surface area contributed by atoms with Gasteiger partial charge in [-0.05, 0) is 31.5 Å². The molecule has 0 aliphatic carbocycles. The molecule has 1 aromatic rings. The minimum absolute atomic E-state index is 0.592. The van der Waals surface area contributed by atoms with E-state index in [4.69, 9.17) is 0 Å². The third kappa shape index (κ3) is 4.39. The van der Waals surface area contributed by atoms with Crippen LogP contribution in [0.1, 0.15) is 32.3 Å². The highest BCUT2D eigenvalue weighted by molar-refractivity contribution is 5.52. The average molecular weight is 234 g/mol. The lowest BCUT2D eigenvalue weighted by Crippen LogP contribution is -2.39. The quantitative estimate of drug-likeness (QED) is 0.779. The van der Waals surface area contributed by atoms with Crippen molar-refractivity contribution >= 4 is 5.69 Å². The lowest BCUT2D eigenvalue weighted by Gasteiger charge is -2.27.